The molecule has 0 saturated carbocycles. The molecule has 1 aromatic heterocycles. The third-order valence-electron chi connectivity index (χ3n) is 4.16. The van der Waals surface area contributed by atoms with Gasteiger partial charge in [0, 0.05) is 24.5 Å². The predicted molar refractivity (Wildman–Crippen MR) is 95.8 cm³/mol. The van der Waals surface area contributed by atoms with Crippen molar-refractivity contribution >= 4 is 17.1 Å². The number of para-hydroxylation sites is 2. The summed E-state index contributed by atoms with van der Waals surface area (Å²) in [5.41, 5.74) is 2.09. The quantitative estimate of drug-likeness (QED) is 0.722. The van der Waals surface area contributed by atoms with Gasteiger partial charge in [0.05, 0.1) is 6.26 Å². The summed E-state index contributed by atoms with van der Waals surface area (Å²) < 4.78 is 5.41. The fourth-order valence-corrected chi connectivity index (χ4v) is 3.06. The van der Waals surface area contributed by atoms with Crippen molar-refractivity contribution in [1.29, 1.82) is 0 Å². The topological polar surface area (TPSA) is 39.9 Å². The third-order valence-corrected chi connectivity index (χ3v) is 4.16. The van der Waals surface area contributed by atoms with Crippen molar-refractivity contribution in [2.45, 2.75) is 0 Å². The van der Waals surface area contributed by atoms with Crippen LogP contribution in [0, 0.1) is 0 Å². The Hall–Kier alpha value is -3.14. The van der Waals surface area contributed by atoms with Crippen molar-refractivity contribution in [1.82, 2.24) is 0 Å². The summed E-state index contributed by atoms with van der Waals surface area (Å²) in [6.45, 7) is 1.58. The summed E-state index contributed by atoms with van der Waals surface area (Å²) in [6, 6.07) is 23.7. The van der Waals surface area contributed by atoms with E-state index in [9.17, 15) is 5.11 Å². The normalized spacial score (nSPS) is 14.2. The summed E-state index contributed by atoms with van der Waals surface area (Å²) in [4.78, 5) is 4.23. The van der Waals surface area contributed by atoms with E-state index in [1.807, 2.05) is 60.7 Å². The molecule has 4 nitrogen and oxygen atoms in total. The van der Waals surface area contributed by atoms with E-state index >= 15 is 0 Å². The third kappa shape index (κ3) is 2.52. The number of nitrogens with zero attached hydrogens (tertiary/aromatic N) is 2. The van der Waals surface area contributed by atoms with Crippen LogP contribution >= 0.6 is 0 Å². The highest BCUT2D eigenvalue weighted by Crippen LogP contribution is 2.34. The van der Waals surface area contributed by atoms with Gasteiger partial charge in [-0.15, -0.1) is 0 Å². The van der Waals surface area contributed by atoms with Crippen LogP contribution in [0.3, 0.4) is 0 Å². The van der Waals surface area contributed by atoms with Gasteiger partial charge in [0.15, 0.2) is 11.6 Å². The summed E-state index contributed by atoms with van der Waals surface area (Å²) >= 11 is 0. The van der Waals surface area contributed by atoms with Crippen LogP contribution in [0.2, 0.25) is 0 Å². The summed E-state index contributed by atoms with van der Waals surface area (Å²) in [5.74, 6) is 1.35. The second-order valence-corrected chi connectivity index (χ2v) is 5.62. The molecular formula is C20H18N2O2. The van der Waals surface area contributed by atoms with Crippen molar-refractivity contribution in [3.05, 3.63) is 90.6 Å². The Morgan fingerprint density at radius 2 is 1.29 bits per heavy atom. The Kier molecular flexibility index (Phi) is 3.71. The van der Waals surface area contributed by atoms with E-state index in [4.69, 9.17) is 4.42 Å². The van der Waals surface area contributed by atoms with E-state index in [1.165, 1.54) is 0 Å². The van der Waals surface area contributed by atoms with E-state index in [0.29, 0.717) is 5.76 Å². The second-order valence-electron chi connectivity index (χ2n) is 5.62. The number of rotatable bonds is 3. The van der Waals surface area contributed by atoms with Crippen molar-refractivity contribution in [3.8, 4) is 0 Å². The molecule has 0 bridgehead atoms. The molecule has 1 fully saturated rings. The highest BCUT2D eigenvalue weighted by molar-refractivity contribution is 5.74. The number of aliphatic hydroxyl groups excluding tert-OH is 1. The molecule has 2 heterocycles. The number of hydrogen-bond acceptors (Lipinski definition) is 4. The van der Waals surface area contributed by atoms with Gasteiger partial charge in [-0.1, -0.05) is 36.4 Å². The SMILES string of the molecule is OC(=C1N(c2ccccc2)CCN1c1ccccc1)c1ccco1. The average molecular weight is 318 g/mol. The van der Waals surface area contributed by atoms with Crippen LogP contribution in [-0.4, -0.2) is 18.2 Å². The molecule has 0 radical (unpaired) electrons. The van der Waals surface area contributed by atoms with Gasteiger partial charge < -0.3 is 19.3 Å². The fourth-order valence-electron chi connectivity index (χ4n) is 3.06. The maximum absolute atomic E-state index is 10.9. The molecule has 0 amide bonds. The Morgan fingerprint density at radius 1 is 0.750 bits per heavy atom. The van der Waals surface area contributed by atoms with Gasteiger partial charge in [0.1, 0.15) is 0 Å². The van der Waals surface area contributed by atoms with Crippen molar-refractivity contribution < 1.29 is 9.52 Å². The van der Waals surface area contributed by atoms with Crippen molar-refractivity contribution in [3.63, 3.8) is 0 Å². The number of benzene rings is 2. The Labute approximate surface area is 140 Å². The smallest absolute Gasteiger partial charge is 0.200 e. The van der Waals surface area contributed by atoms with E-state index in [0.717, 1.165) is 30.3 Å². The lowest BCUT2D eigenvalue weighted by molar-refractivity contribution is 0.453. The summed E-state index contributed by atoms with van der Waals surface area (Å²) in [7, 11) is 0. The van der Waals surface area contributed by atoms with E-state index in [2.05, 4.69) is 9.80 Å². The molecule has 24 heavy (non-hydrogen) atoms. The van der Waals surface area contributed by atoms with Gasteiger partial charge in [-0.2, -0.15) is 0 Å². The number of hydrogen-bond donors (Lipinski definition) is 1. The number of anilines is 2. The van der Waals surface area contributed by atoms with Gasteiger partial charge in [-0.3, -0.25) is 0 Å². The fraction of sp³-hybridized carbons (Fsp3) is 0.100. The number of furan rings is 1. The lowest BCUT2D eigenvalue weighted by atomic mass is 10.2. The summed E-state index contributed by atoms with van der Waals surface area (Å²) in [6.07, 6.45) is 1.57. The zero-order valence-electron chi connectivity index (χ0n) is 13.2. The second kappa shape index (κ2) is 6.16. The van der Waals surface area contributed by atoms with Crippen LogP contribution in [0.4, 0.5) is 11.4 Å². The maximum atomic E-state index is 10.9. The van der Waals surface area contributed by atoms with Crippen LogP contribution < -0.4 is 9.80 Å². The highest BCUT2D eigenvalue weighted by Gasteiger charge is 2.31. The van der Waals surface area contributed by atoms with Gasteiger partial charge >= 0.3 is 0 Å². The molecular weight excluding hydrogens is 300 g/mol. The first-order chi connectivity index (χ1) is 11.8. The monoisotopic (exact) mass is 318 g/mol. The maximum Gasteiger partial charge on any atom is 0.200 e. The van der Waals surface area contributed by atoms with E-state index < -0.39 is 0 Å². The van der Waals surface area contributed by atoms with Crippen molar-refractivity contribution in [2.24, 2.45) is 0 Å². The molecule has 0 unspecified atom stereocenters. The molecule has 0 spiro atoms. The Bertz CT molecular complexity index is 777. The largest absolute Gasteiger partial charge is 0.502 e. The molecule has 0 aliphatic carbocycles. The molecule has 4 rings (SSSR count). The Morgan fingerprint density at radius 3 is 1.75 bits per heavy atom. The molecule has 120 valence electrons. The first kappa shape index (κ1) is 14.5. The zero-order valence-corrected chi connectivity index (χ0v) is 13.2. The van der Waals surface area contributed by atoms with Gasteiger partial charge in [-0.25, -0.2) is 0 Å². The molecule has 2 aromatic carbocycles. The van der Waals surface area contributed by atoms with Gasteiger partial charge in [-0.05, 0) is 36.4 Å². The molecule has 1 N–H and O–H groups in total. The van der Waals surface area contributed by atoms with Gasteiger partial charge in [0.2, 0.25) is 5.76 Å². The standard InChI is InChI=1S/C20H18N2O2/c23-19(18-12-7-15-24-18)20-21(16-8-3-1-4-9-16)13-14-22(20)17-10-5-2-6-11-17/h1-12,15,23H,13-14H2. The minimum atomic E-state index is 0.144. The molecule has 0 atom stereocenters. The number of aliphatic hydroxyl groups is 1. The lowest BCUT2D eigenvalue weighted by Crippen LogP contribution is -2.24. The Balaban J connectivity index is 1.83. The van der Waals surface area contributed by atoms with Crippen LogP contribution in [0.5, 0.6) is 0 Å². The molecule has 3 aromatic rings. The molecule has 4 heteroatoms. The van der Waals surface area contributed by atoms with E-state index in [1.54, 1.807) is 18.4 Å². The first-order valence-electron chi connectivity index (χ1n) is 7.97. The average Bonchev–Trinajstić information content (AvgIpc) is 3.32. The molecule has 1 aliphatic rings. The van der Waals surface area contributed by atoms with Crippen LogP contribution in [0.25, 0.3) is 5.76 Å². The van der Waals surface area contributed by atoms with Gasteiger partial charge in [0.25, 0.3) is 0 Å². The minimum Gasteiger partial charge on any atom is -0.502 e. The van der Waals surface area contributed by atoms with Crippen LogP contribution in [0.1, 0.15) is 5.76 Å². The first-order valence-corrected chi connectivity index (χ1v) is 7.97. The predicted octanol–water partition coefficient (Wildman–Crippen LogP) is 4.49. The van der Waals surface area contributed by atoms with Crippen molar-refractivity contribution in [2.75, 3.05) is 22.9 Å². The summed E-state index contributed by atoms with van der Waals surface area (Å²) in [5, 5.41) is 10.9. The zero-order chi connectivity index (χ0) is 16.4. The van der Waals surface area contributed by atoms with Crippen LogP contribution in [-0.2, 0) is 0 Å². The molecule has 1 saturated heterocycles. The lowest BCUT2D eigenvalue weighted by Gasteiger charge is -2.25. The molecule has 1 aliphatic heterocycles. The highest BCUT2D eigenvalue weighted by atomic mass is 16.4. The van der Waals surface area contributed by atoms with Crippen LogP contribution in [0.15, 0.2) is 89.3 Å². The minimum absolute atomic E-state index is 0.144. The van der Waals surface area contributed by atoms with E-state index in [-0.39, 0.29) is 5.76 Å².